The average molecular weight is 314 g/mol. The van der Waals surface area contributed by atoms with Gasteiger partial charge in [-0.05, 0) is 43.4 Å². The van der Waals surface area contributed by atoms with Crippen molar-refractivity contribution in [3.05, 3.63) is 36.0 Å². The van der Waals surface area contributed by atoms with Gasteiger partial charge in [-0.2, -0.15) is 0 Å². The number of para-hydroxylation sites is 1. The van der Waals surface area contributed by atoms with E-state index in [1.54, 1.807) is 0 Å². The fraction of sp³-hybridized carbons (Fsp3) is 0.526. The highest BCUT2D eigenvalue weighted by Gasteiger charge is 2.31. The highest BCUT2D eigenvalue weighted by molar-refractivity contribution is 5.83. The van der Waals surface area contributed by atoms with E-state index in [1.165, 1.54) is 16.5 Å². The Balaban J connectivity index is 1.59. The standard InChI is InChI=1S/C19H26N2O2/c1-14(2)13-23-19(22)18-8-5-10-21(18)11-9-15-12-20-17-7-4-3-6-16(15)17/h3-4,6-7,12,14,18,20H,5,8-11,13H2,1-2H3. The van der Waals surface area contributed by atoms with Crippen molar-refractivity contribution in [3.8, 4) is 0 Å². The van der Waals surface area contributed by atoms with Gasteiger partial charge in [-0.25, -0.2) is 0 Å². The number of hydrogen-bond acceptors (Lipinski definition) is 3. The second kappa shape index (κ2) is 7.18. The van der Waals surface area contributed by atoms with Gasteiger partial charge in [-0.15, -0.1) is 0 Å². The molecule has 0 amide bonds. The van der Waals surface area contributed by atoms with Crippen LogP contribution in [0.15, 0.2) is 30.5 Å². The first kappa shape index (κ1) is 16.1. The van der Waals surface area contributed by atoms with Gasteiger partial charge >= 0.3 is 5.97 Å². The molecule has 1 aliphatic rings. The lowest BCUT2D eigenvalue weighted by Crippen LogP contribution is -2.38. The number of nitrogens with one attached hydrogen (secondary N) is 1. The van der Waals surface area contributed by atoms with Gasteiger partial charge in [0.15, 0.2) is 0 Å². The molecule has 1 N–H and O–H groups in total. The zero-order chi connectivity index (χ0) is 16.2. The van der Waals surface area contributed by atoms with Crippen LogP contribution in [0.2, 0.25) is 0 Å². The van der Waals surface area contributed by atoms with E-state index in [9.17, 15) is 4.79 Å². The molecule has 124 valence electrons. The van der Waals surface area contributed by atoms with Crippen LogP contribution < -0.4 is 0 Å². The molecule has 2 heterocycles. The van der Waals surface area contributed by atoms with Gasteiger partial charge in [0.1, 0.15) is 6.04 Å². The summed E-state index contributed by atoms with van der Waals surface area (Å²) in [6.07, 6.45) is 5.05. The molecule has 3 rings (SSSR count). The molecule has 1 atom stereocenters. The molecule has 0 bridgehead atoms. The molecule has 0 radical (unpaired) electrons. The summed E-state index contributed by atoms with van der Waals surface area (Å²) >= 11 is 0. The van der Waals surface area contributed by atoms with Crippen molar-refractivity contribution in [2.75, 3.05) is 19.7 Å². The summed E-state index contributed by atoms with van der Waals surface area (Å²) < 4.78 is 5.44. The predicted molar refractivity (Wildman–Crippen MR) is 92.4 cm³/mol. The van der Waals surface area contributed by atoms with E-state index >= 15 is 0 Å². The third-order valence-corrected chi connectivity index (χ3v) is 4.54. The number of aromatic nitrogens is 1. The Kier molecular flexibility index (Phi) is 5.01. The van der Waals surface area contributed by atoms with E-state index in [4.69, 9.17) is 4.74 Å². The van der Waals surface area contributed by atoms with Gasteiger partial charge in [-0.1, -0.05) is 32.0 Å². The molecule has 1 aromatic heterocycles. The van der Waals surface area contributed by atoms with Crippen molar-refractivity contribution in [1.29, 1.82) is 0 Å². The number of rotatable bonds is 6. The Hall–Kier alpha value is -1.81. The molecule has 0 spiro atoms. The minimum absolute atomic E-state index is 0.0462. The van der Waals surface area contributed by atoms with Crippen molar-refractivity contribution in [3.63, 3.8) is 0 Å². The van der Waals surface area contributed by atoms with E-state index in [0.29, 0.717) is 12.5 Å². The number of H-pyrrole nitrogens is 1. The topological polar surface area (TPSA) is 45.3 Å². The second-order valence-corrected chi connectivity index (χ2v) is 6.83. The van der Waals surface area contributed by atoms with Crippen LogP contribution >= 0.6 is 0 Å². The Morgan fingerprint density at radius 1 is 1.39 bits per heavy atom. The van der Waals surface area contributed by atoms with E-state index in [0.717, 1.165) is 32.4 Å². The molecule has 0 aliphatic carbocycles. The maximum absolute atomic E-state index is 12.3. The van der Waals surface area contributed by atoms with E-state index < -0.39 is 0 Å². The van der Waals surface area contributed by atoms with Crippen LogP contribution in [0, 0.1) is 5.92 Å². The summed E-state index contributed by atoms with van der Waals surface area (Å²) in [5, 5.41) is 1.28. The van der Waals surface area contributed by atoms with Crippen molar-refractivity contribution in [1.82, 2.24) is 9.88 Å². The fourth-order valence-corrected chi connectivity index (χ4v) is 3.31. The lowest BCUT2D eigenvalue weighted by molar-refractivity contribution is -0.150. The van der Waals surface area contributed by atoms with Crippen LogP contribution in [0.1, 0.15) is 32.3 Å². The van der Waals surface area contributed by atoms with Crippen molar-refractivity contribution >= 4 is 16.9 Å². The molecule has 1 aliphatic heterocycles. The lowest BCUT2D eigenvalue weighted by atomic mass is 10.1. The van der Waals surface area contributed by atoms with Crippen LogP contribution in [-0.2, 0) is 16.0 Å². The van der Waals surface area contributed by atoms with Crippen molar-refractivity contribution in [2.24, 2.45) is 5.92 Å². The first-order valence-corrected chi connectivity index (χ1v) is 8.61. The Morgan fingerprint density at radius 2 is 2.22 bits per heavy atom. The monoisotopic (exact) mass is 314 g/mol. The van der Waals surface area contributed by atoms with E-state index in [2.05, 4.69) is 48.1 Å². The normalized spacial score (nSPS) is 18.8. The number of benzene rings is 1. The largest absolute Gasteiger partial charge is 0.464 e. The third kappa shape index (κ3) is 3.75. The summed E-state index contributed by atoms with van der Waals surface area (Å²) in [5.41, 5.74) is 2.50. The van der Waals surface area contributed by atoms with Crippen LogP contribution in [0.25, 0.3) is 10.9 Å². The molecule has 2 aromatic rings. The van der Waals surface area contributed by atoms with E-state index in [1.807, 2.05) is 6.07 Å². The fourth-order valence-electron chi connectivity index (χ4n) is 3.31. The molecular weight excluding hydrogens is 288 g/mol. The number of aromatic amines is 1. The van der Waals surface area contributed by atoms with E-state index in [-0.39, 0.29) is 12.0 Å². The first-order chi connectivity index (χ1) is 11.1. The number of ether oxygens (including phenoxy) is 1. The van der Waals surface area contributed by atoms with Crippen LogP contribution in [0.5, 0.6) is 0 Å². The number of nitrogens with zero attached hydrogens (tertiary/aromatic N) is 1. The minimum Gasteiger partial charge on any atom is -0.464 e. The summed E-state index contributed by atoms with van der Waals surface area (Å²) in [7, 11) is 0. The van der Waals surface area contributed by atoms with Gasteiger partial charge in [0.05, 0.1) is 6.61 Å². The van der Waals surface area contributed by atoms with Gasteiger partial charge in [0.2, 0.25) is 0 Å². The first-order valence-electron chi connectivity index (χ1n) is 8.61. The maximum Gasteiger partial charge on any atom is 0.323 e. The van der Waals surface area contributed by atoms with Crippen LogP contribution in [-0.4, -0.2) is 41.6 Å². The summed E-state index contributed by atoms with van der Waals surface area (Å²) in [6, 6.07) is 8.31. The second-order valence-electron chi connectivity index (χ2n) is 6.83. The Bertz CT molecular complexity index is 662. The summed E-state index contributed by atoms with van der Waals surface area (Å²) in [5.74, 6) is 0.343. The minimum atomic E-state index is -0.0565. The highest BCUT2D eigenvalue weighted by Crippen LogP contribution is 2.22. The molecule has 4 heteroatoms. The predicted octanol–water partition coefficient (Wildman–Crippen LogP) is 3.37. The Labute approximate surface area is 137 Å². The molecule has 4 nitrogen and oxygen atoms in total. The summed E-state index contributed by atoms with van der Waals surface area (Å²) in [6.45, 7) is 6.55. The number of hydrogen-bond donors (Lipinski definition) is 1. The molecule has 1 aromatic carbocycles. The summed E-state index contributed by atoms with van der Waals surface area (Å²) in [4.78, 5) is 17.9. The smallest absolute Gasteiger partial charge is 0.323 e. The zero-order valence-corrected chi connectivity index (χ0v) is 14.0. The number of carbonyl (C=O) groups is 1. The Morgan fingerprint density at radius 3 is 3.04 bits per heavy atom. The number of likely N-dealkylation sites (tertiary alicyclic amines) is 1. The van der Waals surface area contributed by atoms with Crippen molar-refractivity contribution < 1.29 is 9.53 Å². The van der Waals surface area contributed by atoms with Gasteiger partial charge in [0.25, 0.3) is 0 Å². The maximum atomic E-state index is 12.3. The van der Waals surface area contributed by atoms with Gasteiger partial charge < -0.3 is 9.72 Å². The number of fused-ring (bicyclic) bond motifs is 1. The van der Waals surface area contributed by atoms with Crippen molar-refractivity contribution in [2.45, 2.75) is 39.2 Å². The molecular formula is C19H26N2O2. The highest BCUT2D eigenvalue weighted by atomic mass is 16.5. The third-order valence-electron chi connectivity index (χ3n) is 4.54. The SMILES string of the molecule is CC(C)COC(=O)C1CCCN1CCc1c[nH]c2ccccc12. The molecule has 1 fully saturated rings. The quantitative estimate of drug-likeness (QED) is 0.832. The van der Waals surface area contributed by atoms with Crippen LogP contribution in [0.3, 0.4) is 0 Å². The molecule has 23 heavy (non-hydrogen) atoms. The van der Waals surface area contributed by atoms with Crippen LogP contribution in [0.4, 0.5) is 0 Å². The average Bonchev–Trinajstić information content (AvgIpc) is 3.17. The zero-order valence-electron chi connectivity index (χ0n) is 14.0. The van der Waals surface area contributed by atoms with Gasteiger partial charge in [-0.3, -0.25) is 9.69 Å². The molecule has 1 saturated heterocycles. The lowest BCUT2D eigenvalue weighted by Gasteiger charge is -2.23. The molecule has 0 saturated carbocycles. The number of carbonyl (C=O) groups excluding carboxylic acids is 1. The molecule has 1 unspecified atom stereocenters. The van der Waals surface area contributed by atoms with Gasteiger partial charge in [0, 0.05) is 23.6 Å². The number of esters is 1.